The summed E-state index contributed by atoms with van der Waals surface area (Å²) in [6.07, 6.45) is 1.38. The van der Waals surface area contributed by atoms with E-state index in [1.165, 1.54) is 4.57 Å². The molecule has 0 aromatic carbocycles. The van der Waals surface area contributed by atoms with Crippen LogP contribution in [0.1, 0.15) is 17.0 Å². The van der Waals surface area contributed by atoms with E-state index in [4.69, 9.17) is 4.52 Å². The monoisotopic (exact) mass is 375 g/mol. The third-order valence-corrected chi connectivity index (χ3v) is 3.89. The van der Waals surface area contributed by atoms with E-state index >= 15 is 0 Å². The van der Waals surface area contributed by atoms with Gasteiger partial charge in [-0.25, -0.2) is 9.97 Å². The second-order valence-corrected chi connectivity index (χ2v) is 5.94. The van der Waals surface area contributed by atoms with Crippen molar-refractivity contribution in [3.8, 4) is 0 Å². The topological polar surface area (TPSA) is 85.8 Å². The Morgan fingerprint density at radius 3 is 2.70 bits per heavy atom. The van der Waals surface area contributed by atoms with Gasteiger partial charge in [-0.15, -0.1) is 0 Å². The molecule has 3 aromatic heterocycles. The molecule has 0 saturated heterocycles. The molecular weight excluding hydrogens is 363 g/mol. The normalized spacial score (nSPS) is 13.6. The Labute approximate surface area is 150 Å². The van der Waals surface area contributed by atoms with Gasteiger partial charge in [-0.1, -0.05) is 11.2 Å². The molecule has 0 bridgehead atoms. The molecule has 138 valence electrons. The lowest BCUT2D eigenvalue weighted by molar-refractivity contribution is -0.137. The number of anilines is 1. The highest BCUT2D eigenvalue weighted by molar-refractivity contribution is 5.94. The molecule has 7 nitrogen and oxygen atoms in total. The van der Waals surface area contributed by atoms with Crippen LogP contribution in [0, 0.1) is 6.92 Å². The van der Waals surface area contributed by atoms with Crippen LogP contribution in [0.5, 0.6) is 0 Å². The van der Waals surface area contributed by atoms with Crippen molar-refractivity contribution in [3.63, 3.8) is 0 Å². The Kier molecular flexibility index (Phi) is 3.83. The van der Waals surface area contributed by atoms with Crippen LogP contribution < -0.4 is 5.32 Å². The predicted molar refractivity (Wildman–Crippen MR) is 89.5 cm³/mol. The van der Waals surface area contributed by atoms with Crippen LogP contribution >= 0.6 is 0 Å². The van der Waals surface area contributed by atoms with Crippen LogP contribution in [0.4, 0.5) is 19.1 Å². The zero-order valence-corrected chi connectivity index (χ0v) is 13.9. The minimum absolute atomic E-state index is 0.0265. The van der Waals surface area contributed by atoms with Crippen LogP contribution in [-0.4, -0.2) is 25.6 Å². The lowest BCUT2D eigenvalue weighted by atomic mass is 10.2. The fourth-order valence-electron chi connectivity index (χ4n) is 2.61. The number of rotatable bonds is 4. The van der Waals surface area contributed by atoms with Crippen molar-refractivity contribution in [1.29, 1.82) is 0 Å². The van der Waals surface area contributed by atoms with Gasteiger partial charge in [0.25, 0.3) is 0 Å². The second kappa shape index (κ2) is 6.08. The van der Waals surface area contributed by atoms with Gasteiger partial charge in [-0.3, -0.25) is 14.7 Å². The van der Waals surface area contributed by atoms with E-state index in [2.05, 4.69) is 20.4 Å². The summed E-state index contributed by atoms with van der Waals surface area (Å²) in [7, 11) is 0. The Morgan fingerprint density at radius 2 is 2.11 bits per heavy atom. The standard InChI is InChI=1S/C17H12F3N5O2/c1-9-5-11(24-27-9)7-14(26)23-16-22-13-6-10(17(18,19)20)8-21-15(13)25(16)12-3-2-4-12/h2-6,8H,7H2,1H3,(H,22,23,26). The summed E-state index contributed by atoms with van der Waals surface area (Å²) < 4.78 is 45.2. The van der Waals surface area contributed by atoms with Crippen molar-refractivity contribution >= 4 is 28.7 Å². The van der Waals surface area contributed by atoms with Crippen molar-refractivity contribution < 1.29 is 22.5 Å². The summed E-state index contributed by atoms with van der Waals surface area (Å²) in [6.45, 7) is 1.70. The molecule has 0 radical (unpaired) electrons. The Hall–Kier alpha value is -3.43. The number of nitrogens with one attached hydrogen (secondary N) is 1. The number of alkyl halides is 3. The lowest BCUT2D eigenvalue weighted by Gasteiger charge is -2.13. The Balaban J connectivity index is 1.69. The van der Waals surface area contributed by atoms with Crippen LogP contribution in [0.25, 0.3) is 16.9 Å². The average Bonchev–Trinajstić information content (AvgIpc) is 3.08. The Bertz CT molecular complexity index is 1110. The molecule has 0 fully saturated rings. The van der Waals surface area contributed by atoms with Gasteiger partial charge in [0.05, 0.1) is 23.4 Å². The molecule has 4 rings (SSSR count). The number of hydrogen-bond acceptors (Lipinski definition) is 5. The molecule has 0 unspecified atom stereocenters. The molecule has 1 N–H and O–H groups in total. The lowest BCUT2D eigenvalue weighted by Crippen LogP contribution is -2.18. The number of aromatic nitrogens is 4. The maximum atomic E-state index is 12.9. The molecular formula is C17H12F3N5O2. The van der Waals surface area contributed by atoms with Gasteiger partial charge in [0.15, 0.2) is 5.65 Å². The minimum Gasteiger partial charge on any atom is -0.361 e. The molecule has 3 heterocycles. The van der Waals surface area contributed by atoms with Gasteiger partial charge in [-0.2, -0.15) is 13.2 Å². The van der Waals surface area contributed by atoms with Crippen molar-refractivity contribution in [2.75, 3.05) is 5.32 Å². The molecule has 10 heteroatoms. The van der Waals surface area contributed by atoms with Gasteiger partial charge < -0.3 is 4.52 Å². The minimum atomic E-state index is -4.53. The third-order valence-electron chi connectivity index (χ3n) is 3.89. The number of pyridine rings is 1. The summed E-state index contributed by atoms with van der Waals surface area (Å²) >= 11 is 0. The first kappa shape index (κ1) is 17.0. The number of amides is 1. The van der Waals surface area contributed by atoms with Crippen LogP contribution in [0.3, 0.4) is 0 Å². The van der Waals surface area contributed by atoms with Gasteiger partial charge in [-0.05, 0) is 25.1 Å². The fraction of sp³-hybridized carbons (Fsp3) is 0.176. The zero-order chi connectivity index (χ0) is 19.2. The number of nitrogens with zero attached hydrogens (tertiary/aromatic N) is 4. The summed E-state index contributed by atoms with van der Waals surface area (Å²) in [4.78, 5) is 20.3. The quantitative estimate of drug-likeness (QED) is 0.756. The van der Waals surface area contributed by atoms with Crippen molar-refractivity contribution in [2.24, 2.45) is 0 Å². The number of carbonyl (C=O) groups excluding carboxylic acids is 1. The maximum absolute atomic E-state index is 12.9. The van der Waals surface area contributed by atoms with E-state index in [1.807, 2.05) is 0 Å². The van der Waals surface area contributed by atoms with E-state index in [0.29, 0.717) is 17.2 Å². The molecule has 0 saturated carbocycles. The SMILES string of the molecule is Cc1cc(CC(=O)Nc2nc3cc(C(F)(F)F)cnc3n2C2=CC=C2)no1. The molecule has 3 aromatic rings. The molecule has 1 aliphatic carbocycles. The smallest absolute Gasteiger partial charge is 0.361 e. The third kappa shape index (κ3) is 3.21. The maximum Gasteiger partial charge on any atom is 0.417 e. The highest BCUT2D eigenvalue weighted by Gasteiger charge is 2.32. The summed E-state index contributed by atoms with van der Waals surface area (Å²) in [6, 6.07) is 2.52. The Morgan fingerprint density at radius 1 is 1.33 bits per heavy atom. The van der Waals surface area contributed by atoms with E-state index in [9.17, 15) is 18.0 Å². The van der Waals surface area contributed by atoms with E-state index in [-0.39, 0.29) is 23.5 Å². The average molecular weight is 375 g/mol. The van der Waals surface area contributed by atoms with E-state index in [1.54, 1.807) is 31.2 Å². The first-order valence-corrected chi connectivity index (χ1v) is 7.88. The number of imidazole rings is 1. The number of fused-ring (bicyclic) bond motifs is 1. The molecule has 1 aliphatic rings. The fourth-order valence-corrected chi connectivity index (χ4v) is 2.61. The highest BCUT2D eigenvalue weighted by Crippen LogP contribution is 2.32. The summed E-state index contributed by atoms with van der Waals surface area (Å²) in [5.41, 5.74) is 0.420. The molecule has 0 aliphatic heterocycles. The van der Waals surface area contributed by atoms with Crippen LogP contribution in [-0.2, 0) is 17.4 Å². The molecule has 0 atom stereocenters. The number of allylic oxidation sites excluding steroid dienone is 4. The largest absolute Gasteiger partial charge is 0.417 e. The van der Waals surface area contributed by atoms with E-state index < -0.39 is 17.6 Å². The van der Waals surface area contributed by atoms with Gasteiger partial charge in [0.2, 0.25) is 11.9 Å². The van der Waals surface area contributed by atoms with Gasteiger partial charge in [0.1, 0.15) is 11.3 Å². The van der Waals surface area contributed by atoms with Gasteiger partial charge >= 0.3 is 6.18 Å². The highest BCUT2D eigenvalue weighted by atomic mass is 19.4. The molecule has 0 spiro atoms. The molecule has 27 heavy (non-hydrogen) atoms. The van der Waals surface area contributed by atoms with Crippen LogP contribution in [0.15, 0.2) is 41.1 Å². The first-order chi connectivity index (χ1) is 12.8. The zero-order valence-electron chi connectivity index (χ0n) is 13.9. The number of halogens is 3. The second-order valence-electron chi connectivity index (χ2n) is 5.94. The van der Waals surface area contributed by atoms with Crippen molar-refractivity contribution in [1.82, 2.24) is 19.7 Å². The van der Waals surface area contributed by atoms with E-state index in [0.717, 1.165) is 12.3 Å². The predicted octanol–water partition coefficient (Wildman–Crippen LogP) is 3.34. The summed E-state index contributed by atoms with van der Waals surface area (Å²) in [5.74, 6) is 0.219. The van der Waals surface area contributed by atoms with Crippen LogP contribution in [0.2, 0.25) is 0 Å². The summed E-state index contributed by atoms with van der Waals surface area (Å²) in [5, 5.41) is 6.34. The number of carbonyl (C=O) groups is 1. The van der Waals surface area contributed by atoms with Gasteiger partial charge in [0, 0.05) is 12.3 Å². The van der Waals surface area contributed by atoms with Crippen molar-refractivity contribution in [3.05, 3.63) is 53.6 Å². The first-order valence-electron chi connectivity index (χ1n) is 7.88. The number of aryl methyl sites for hydroxylation is 1. The number of hydrogen-bond donors (Lipinski definition) is 1. The molecule has 1 amide bonds. The van der Waals surface area contributed by atoms with Crippen molar-refractivity contribution in [2.45, 2.75) is 19.5 Å².